The molecule has 4 aromatic carbocycles. The molecule has 0 radical (unpaired) electrons. The Morgan fingerprint density at radius 2 is 0.518 bits per heavy atom. The lowest BCUT2D eigenvalue weighted by atomic mass is 10.1. The van der Waals surface area contributed by atoms with Gasteiger partial charge in [-0.15, -0.1) is 0 Å². The number of hydrogen-bond donors (Lipinski definition) is 8. The van der Waals surface area contributed by atoms with E-state index in [0.717, 1.165) is 0 Å². The van der Waals surface area contributed by atoms with Crippen LogP contribution >= 0.6 is 0 Å². The highest BCUT2D eigenvalue weighted by molar-refractivity contribution is 5.70. The molecule has 0 bridgehead atoms. The van der Waals surface area contributed by atoms with Crippen LogP contribution in [0.4, 0.5) is 0 Å². The predicted molar refractivity (Wildman–Crippen MR) is 204 cm³/mol. The molecule has 56 heavy (non-hydrogen) atoms. The Bertz CT molecular complexity index is 1620. The largest absolute Gasteiger partial charge is 0.508 e. The summed E-state index contributed by atoms with van der Waals surface area (Å²) in [5.74, 6) is -3.74. The molecule has 300 valence electrons. The number of nitrogens with zero attached hydrogens (tertiary/aromatic N) is 4. The fourth-order valence-corrected chi connectivity index (χ4v) is 5.73. The summed E-state index contributed by atoms with van der Waals surface area (Å²) in [6, 6.07) is 26.7. The Kier molecular flexibility index (Phi) is 18.1. The summed E-state index contributed by atoms with van der Waals surface area (Å²) in [6.45, 7) is 1.02. The minimum absolute atomic E-state index is 0.0782. The van der Waals surface area contributed by atoms with Crippen LogP contribution in [0.25, 0.3) is 0 Å². The summed E-state index contributed by atoms with van der Waals surface area (Å²) >= 11 is 0. The van der Waals surface area contributed by atoms with Gasteiger partial charge in [0.15, 0.2) is 0 Å². The molecule has 0 spiro atoms. The zero-order valence-electron chi connectivity index (χ0n) is 30.7. The predicted octanol–water partition coefficient (Wildman–Crippen LogP) is 3.14. The van der Waals surface area contributed by atoms with E-state index in [2.05, 4.69) is 0 Å². The van der Waals surface area contributed by atoms with E-state index >= 15 is 0 Å². The van der Waals surface area contributed by atoms with Gasteiger partial charge in [0, 0.05) is 74.6 Å². The first kappa shape index (κ1) is 44.2. The zero-order chi connectivity index (χ0) is 41.0. The molecule has 4 rings (SSSR count). The van der Waals surface area contributed by atoms with Crippen LogP contribution in [0.2, 0.25) is 0 Å². The van der Waals surface area contributed by atoms with E-state index in [1.165, 1.54) is 24.3 Å². The van der Waals surface area contributed by atoms with Gasteiger partial charge in [0.25, 0.3) is 0 Å². The molecule has 0 unspecified atom stereocenters. The minimum Gasteiger partial charge on any atom is -0.508 e. The van der Waals surface area contributed by atoms with Gasteiger partial charge in [-0.2, -0.15) is 0 Å². The van der Waals surface area contributed by atoms with Crippen LogP contribution < -0.4 is 0 Å². The molecule has 16 nitrogen and oxygen atoms in total. The average Bonchev–Trinajstić information content (AvgIpc) is 3.12. The molecule has 0 aliphatic heterocycles. The van der Waals surface area contributed by atoms with Gasteiger partial charge in [0.1, 0.15) is 23.0 Å². The molecular weight excluding hydrogens is 728 g/mol. The van der Waals surface area contributed by atoms with Crippen LogP contribution in [0, 0.1) is 0 Å². The molecule has 0 saturated heterocycles. The van der Waals surface area contributed by atoms with Crippen molar-refractivity contribution in [3.8, 4) is 23.0 Å². The van der Waals surface area contributed by atoms with Crippen molar-refractivity contribution >= 4 is 23.9 Å². The zero-order valence-corrected chi connectivity index (χ0v) is 30.7. The van der Waals surface area contributed by atoms with Gasteiger partial charge in [-0.25, -0.2) is 0 Å². The van der Waals surface area contributed by atoms with Crippen molar-refractivity contribution in [1.29, 1.82) is 0 Å². The monoisotopic (exact) mass is 776 g/mol. The maximum absolute atomic E-state index is 11.2. The highest BCUT2D eigenvalue weighted by Crippen LogP contribution is 2.21. The Labute approximate surface area is 323 Å². The van der Waals surface area contributed by atoms with Gasteiger partial charge in [-0.05, 0) is 24.3 Å². The molecular formula is C40H48N4O12. The number of phenols is 4. The Morgan fingerprint density at radius 3 is 0.679 bits per heavy atom. The third kappa shape index (κ3) is 16.4. The quantitative estimate of drug-likeness (QED) is 0.0572. The topological polar surface area (TPSA) is 243 Å². The van der Waals surface area contributed by atoms with Crippen LogP contribution in [0.1, 0.15) is 22.3 Å². The van der Waals surface area contributed by atoms with Crippen LogP contribution in [-0.2, 0) is 45.4 Å². The molecule has 0 atom stereocenters. The molecule has 0 amide bonds. The summed E-state index contributed by atoms with van der Waals surface area (Å²) in [5.41, 5.74) is 2.37. The van der Waals surface area contributed by atoms with Crippen LogP contribution in [0.5, 0.6) is 23.0 Å². The molecule has 0 aromatic heterocycles. The Balaban J connectivity index is 0.000000300. The van der Waals surface area contributed by atoms with Gasteiger partial charge in [0.05, 0.1) is 26.2 Å². The van der Waals surface area contributed by atoms with Gasteiger partial charge in [-0.3, -0.25) is 38.8 Å². The van der Waals surface area contributed by atoms with Crippen molar-refractivity contribution in [3.63, 3.8) is 0 Å². The first-order valence-corrected chi connectivity index (χ1v) is 17.5. The van der Waals surface area contributed by atoms with Crippen molar-refractivity contribution in [3.05, 3.63) is 119 Å². The number of benzene rings is 4. The third-order valence-electron chi connectivity index (χ3n) is 8.44. The van der Waals surface area contributed by atoms with Crippen molar-refractivity contribution in [2.75, 3.05) is 52.4 Å². The lowest BCUT2D eigenvalue weighted by Gasteiger charge is -2.26. The third-order valence-corrected chi connectivity index (χ3v) is 8.44. The number of hydrogen-bond acceptors (Lipinski definition) is 12. The molecule has 0 aliphatic carbocycles. The van der Waals surface area contributed by atoms with E-state index in [4.69, 9.17) is 20.4 Å². The summed E-state index contributed by atoms with van der Waals surface area (Å²) < 4.78 is 0. The highest BCUT2D eigenvalue weighted by atomic mass is 16.4. The standard InChI is InChI=1S/2C20H24N2O6/c2*23-17-7-3-1-5-15(17)11-21(13-19(25)26)9-10-22(14-20(27)28)12-16-6-2-4-8-18(16)24/h2*1-8,23-24H,9-14H2,(H,25,26)(H,27,28). The van der Waals surface area contributed by atoms with E-state index in [9.17, 15) is 39.6 Å². The van der Waals surface area contributed by atoms with Crippen molar-refractivity contribution in [2.24, 2.45) is 0 Å². The highest BCUT2D eigenvalue weighted by Gasteiger charge is 2.19. The molecule has 0 aliphatic rings. The normalized spacial score (nSPS) is 11.1. The number of carbonyl (C=O) groups is 4. The number of aliphatic carboxylic acids is 4. The lowest BCUT2D eigenvalue weighted by Crippen LogP contribution is -2.39. The first-order valence-electron chi connectivity index (χ1n) is 17.5. The second-order valence-corrected chi connectivity index (χ2v) is 12.9. The van der Waals surface area contributed by atoms with E-state index in [1.54, 1.807) is 92.4 Å². The van der Waals surface area contributed by atoms with Crippen molar-refractivity contribution < 1.29 is 60.0 Å². The maximum Gasteiger partial charge on any atom is 0.317 e. The molecule has 16 heteroatoms. The number of carboxylic acid groups (broad SMARTS) is 4. The molecule has 4 aromatic rings. The molecule has 8 N–H and O–H groups in total. The van der Waals surface area contributed by atoms with Gasteiger partial charge >= 0.3 is 23.9 Å². The maximum atomic E-state index is 11.2. The second kappa shape index (κ2) is 22.9. The van der Waals surface area contributed by atoms with E-state index in [-0.39, 0.29) is 102 Å². The van der Waals surface area contributed by atoms with E-state index in [0.29, 0.717) is 22.3 Å². The van der Waals surface area contributed by atoms with Gasteiger partial charge < -0.3 is 40.9 Å². The van der Waals surface area contributed by atoms with E-state index < -0.39 is 23.9 Å². The fourth-order valence-electron chi connectivity index (χ4n) is 5.73. The van der Waals surface area contributed by atoms with Crippen molar-refractivity contribution in [1.82, 2.24) is 19.6 Å². The summed E-state index contributed by atoms with van der Waals surface area (Å²) in [5, 5.41) is 76.4. The van der Waals surface area contributed by atoms with E-state index in [1.807, 2.05) is 0 Å². The number of rotatable bonds is 22. The SMILES string of the molecule is O=C(O)CN(CCN(CC(=O)O)Cc1ccccc1O)Cc1ccccc1O.O=C(O)CN(CCN(CC(=O)O)Cc1ccccc1O)Cc1ccccc1O. The fraction of sp³-hybridized carbons (Fsp3) is 0.300. The van der Waals surface area contributed by atoms with Crippen molar-refractivity contribution in [2.45, 2.75) is 26.2 Å². The summed E-state index contributed by atoms with van der Waals surface area (Å²) in [6.07, 6.45) is 0. The Morgan fingerprint density at radius 1 is 0.339 bits per heavy atom. The number of aromatic hydroxyl groups is 4. The Hall–Kier alpha value is -6.20. The summed E-state index contributed by atoms with van der Waals surface area (Å²) in [7, 11) is 0. The average molecular weight is 777 g/mol. The van der Waals surface area contributed by atoms with Crippen LogP contribution in [0.3, 0.4) is 0 Å². The number of carboxylic acids is 4. The second-order valence-electron chi connectivity index (χ2n) is 12.9. The lowest BCUT2D eigenvalue weighted by molar-refractivity contribution is -0.140. The molecule has 0 heterocycles. The van der Waals surface area contributed by atoms with Crippen LogP contribution in [-0.4, -0.2) is 137 Å². The number of phenolic OH excluding ortho intramolecular Hbond substituents is 4. The molecule has 0 saturated carbocycles. The summed E-state index contributed by atoms with van der Waals surface area (Å²) in [4.78, 5) is 51.3. The smallest absolute Gasteiger partial charge is 0.317 e. The number of para-hydroxylation sites is 4. The van der Waals surface area contributed by atoms with Gasteiger partial charge in [0.2, 0.25) is 0 Å². The molecule has 0 fully saturated rings. The van der Waals surface area contributed by atoms with Gasteiger partial charge in [-0.1, -0.05) is 72.8 Å². The minimum atomic E-state index is -1.01. The van der Waals surface area contributed by atoms with Crippen LogP contribution in [0.15, 0.2) is 97.1 Å². The first-order chi connectivity index (χ1) is 26.7.